The van der Waals surface area contributed by atoms with Crippen molar-refractivity contribution in [1.82, 2.24) is 10.2 Å². The summed E-state index contributed by atoms with van der Waals surface area (Å²) in [5.74, 6) is 0. The van der Waals surface area contributed by atoms with E-state index in [1.807, 2.05) is 0 Å². The maximum Gasteiger partial charge on any atom is 0.0209 e. The van der Waals surface area contributed by atoms with E-state index in [0.29, 0.717) is 0 Å². The van der Waals surface area contributed by atoms with Crippen LogP contribution in [0.4, 0.5) is 0 Å². The predicted molar refractivity (Wildman–Crippen MR) is 89.6 cm³/mol. The van der Waals surface area contributed by atoms with Crippen LogP contribution < -0.4 is 5.32 Å². The van der Waals surface area contributed by atoms with Crippen molar-refractivity contribution in [3.8, 4) is 0 Å². The van der Waals surface area contributed by atoms with E-state index >= 15 is 0 Å². The Balaban J connectivity index is 1.38. The van der Waals surface area contributed by atoms with Crippen molar-refractivity contribution in [1.29, 1.82) is 0 Å². The monoisotopic (exact) mass is 286 g/mol. The van der Waals surface area contributed by atoms with Gasteiger partial charge in [0, 0.05) is 25.2 Å². The zero-order valence-electron chi connectivity index (χ0n) is 13.3. The standard InChI is InChI=1S/C19H30N2/c1-2-7-11-18(10-6-1)20-19-13-15-21(16-19)14-12-17-8-4-3-5-9-17/h3-5,8-9,18-20H,1-2,6-7,10-16H2. The smallest absolute Gasteiger partial charge is 0.0209 e. The zero-order chi connectivity index (χ0) is 14.3. The SMILES string of the molecule is c1ccc(CCN2CCC(NC3CCCCCC3)C2)cc1. The quantitative estimate of drug-likeness (QED) is 0.832. The molecule has 2 nitrogen and oxygen atoms in total. The van der Waals surface area contributed by atoms with Crippen LogP contribution in [0.1, 0.15) is 50.5 Å². The number of nitrogens with one attached hydrogen (secondary N) is 1. The molecule has 1 saturated heterocycles. The van der Waals surface area contributed by atoms with Crippen molar-refractivity contribution in [2.45, 2.75) is 63.5 Å². The lowest BCUT2D eigenvalue weighted by Gasteiger charge is -2.22. The Morgan fingerprint density at radius 1 is 0.905 bits per heavy atom. The Bertz CT molecular complexity index is 395. The van der Waals surface area contributed by atoms with Crippen molar-refractivity contribution in [2.75, 3.05) is 19.6 Å². The summed E-state index contributed by atoms with van der Waals surface area (Å²) >= 11 is 0. The summed E-state index contributed by atoms with van der Waals surface area (Å²) in [6.45, 7) is 3.74. The average molecular weight is 286 g/mol. The molecule has 1 aliphatic carbocycles. The first kappa shape index (κ1) is 15.1. The van der Waals surface area contributed by atoms with Gasteiger partial charge in [-0.15, -0.1) is 0 Å². The lowest BCUT2D eigenvalue weighted by Crippen LogP contribution is -2.40. The molecule has 0 aromatic heterocycles. The topological polar surface area (TPSA) is 15.3 Å². The first-order valence-corrected chi connectivity index (χ1v) is 8.92. The minimum Gasteiger partial charge on any atom is -0.310 e. The number of hydrogen-bond donors (Lipinski definition) is 1. The lowest BCUT2D eigenvalue weighted by atomic mass is 10.1. The van der Waals surface area contributed by atoms with E-state index in [1.165, 1.54) is 76.6 Å². The summed E-state index contributed by atoms with van der Waals surface area (Å²) < 4.78 is 0. The molecule has 1 atom stereocenters. The molecular weight excluding hydrogens is 256 g/mol. The summed E-state index contributed by atoms with van der Waals surface area (Å²) in [6.07, 6.45) is 11.1. The Labute approximate surface area is 129 Å². The third-order valence-corrected chi connectivity index (χ3v) is 5.16. The molecule has 0 spiro atoms. The van der Waals surface area contributed by atoms with Crippen LogP contribution >= 0.6 is 0 Å². The van der Waals surface area contributed by atoms with Crippen molar-refractivity contribution in [3.63, 3.8) is 0 Å². The summed E-state index contributed by atoms with van der Waals surface area (Å²) in [6, 6.07) is 12.4. The molecule has 1 aromatic carbocycles. The molecule has 1 unspecified atom stereocenters. The van der Waals surface area contributed by atoms with Crippen LogP contribution in [-0.2, 0) is 6.42 Å². The van der Waals surface area contributed by atoms with E-state index in [0.717, 1.165) is 12.1 Å². The highest BCUT2D eigenvalue weighted by atomic mass is 15.2. The second-order valence-electron chi connectivity index (χ2n) is 6.88. The third kappa shape index (κ3) is 4.82. The van der Waals surface area contributed by atoms with E-state index in [1.54, 1.807) is 0 Å². The second kappa shape index (κ2) is 7.95. The Hall–Kier alpha value is -0.860. The molecule has 116 valence electrons. The zero-order valence-corrected chi connectivity index (χ0v) is 13.3. The van der Waals surface area contributed by atoms with Crippen LogP contribution in [0, 0.1) is 0 Å². The minimum absolute atomic E-state index is 0.740. The second-order valence-corrected chi connectivity index (χ2v) is 6.88. The van der Waals surface area contributed by atoms with E-state index in [4.69, 9.17) is 0 Å². The summed E-state index contributed by atoms with van der Waals surface area (Å²) in [5, 5.41) is 3.94. The fourth-order valence-corrected chi connectivity index (χ4v) is 3.88. The van der Waals surface area contributed by atoms with Gasteiger partial charge in [-0.25, -0.2) is 0 Å². The van der Waals surface area contributed by atoms with Gasteiger partial charge in [-0.05, 0) is 37.8 Å². The summed E-state index contributed by atoms with van der Waals surface area (Å²) in [4.78, 5) is 2.64. The van der Waals surface area contributed by atoms with Gasteiger partial charge in [-0.3, -0.25) is 0 Å². The molecule has 1 saturated carbocycles. The number of hydrogen-bond acceptors (Lipinski definition) is 2. The van der Waals surface area contributed by atoms with Crippen LogP contribution in [0.3, 0.4) is 0 Å². The van der Waals surface area contributed by atoms with Gasteiger partial charge in [0.2, 0.25) is 0 Å². The fraction of sp³-hybridized carbons (Fsp3) is 0.684. The molecule has 0 amide bonds. The van der Waals surface area contributed by atoms with Crippen molar-refractivity contribution in [3.05, 3.63) is 35.9 Å². The maximum absolute atomic E-state index is 3.94. The molecule has 1 aromatic rings. The Morgan fingerprint density at radius 3 is 2.43 bits per heavy atom. The van der Waals surface area contributed by atoms with Gasteiger partial charge in [-0.2, -0.15) is 0 Å². The first-order chi connectivity index (χ1) is 10.4. The van der Waals surface area contributed by atoms with Crippen LogP contribution in [0.2, 0.25) is 0 Å². The molecule has 0 radical (unpaired) electrons. The molecule has 2 heteroatoms. The van der Waals surface area contributed by atoms with E-state index in [-0.39, 0.29) is 0 Å². The van der Waals surface area contributed by atoms with Gasteiger partial charge >= 0.3 is 0 Å². The van der Waals surface area contributed by atoms with Crippen molar-refractivity contribution >= 4 is 0 Å². The normalized spacial score (nSPS) is 25.0. The van der Waals surface area contributed by atoms with Gasteiger partial charge in [0.1, 0.15) is 0 Å². The molecule has 2 aliphatic rings. The first-order valence-electron chi connectivity index (χ1n) is 8.92. The highest BCUT2D eigenvalue weighted by Crippen LogP contribution is 2.19. The highest BCUT2D eigenvalue weighted by molar-refractivity contribution is 5.14. The molecular formula is C19H30N2. The number of benzene rings is 1. The molecule has 1 aliphatic heterocycles. The number of likely N-dealkylation sites (tertiary alicyclic amines) is 1. The highest BCUT2D eigenvalue weighted by Gasteiger charge is 2.24. The third-order valence-electron chi connectivity index (χ3n) is 5.16. The van der Waals surface area contributed by atoms with Crippen molar-refractivity contribution < 1.29 is 0 Å². The van der Waals surface area contributed by atoms with Gasteiger partial charge in [0.25, 0.3) is 0 Å². The van der Waals surface area contributed by atoms with Gasteiger partial charge in [0.05, 0.1) is 0 Å². The summed E-state index contributed by atoms with van der Waals surface area (Å²) in [7, 11) is 0. The predicted octanol–water partition coefficient (Wildman–Crippen LogP) is 3.62. The Morgan fingerprint density at radius 2 is 1.67 bits per heavy atom. The molecule has 1 heterocycles. The van der Waals surface area contributed by atoms with E-state index < -0.39 is 0 Å². The van der Waals surface area contributed by atoms with E-state index in [9.17, 15) is 0 Å². The number of rotatable bonds is 5. The molecule has 2 fully saturated rings. The molecule has 21 heavy (non-hydrogen) atoms. The van der Waals surface area contributed by atoms with Gasteiger partial charge in [0.15, 0.2) is 0 Å². The molecule has 1 N–H and O–H groups in total. The van der Waals surface area contributed by atoms with Crippen LogP contribution in [-0.4, -0.2) is 36.6 Å². The fourth-order valence-electron chi connectivity index (χ4n) is 3.88. The van der Waals surface area contributed by atoms with Crippen molar-refractivity contribution in [2.24, 2.45) is 0 Å². The molecule has 3 rings (SSSR count). The van der Waals surface area contributed by atoms with Gasteiger partial charge < -0.3 is 10.2 Å². The Kier molecular flexibility index (Phi) is 5.70. The molecule has 0 bridgehead atoms. The van der Waals surface area contributed by atoms with E-state index in [2.05, 4.69) is 40.5 Å². The van der Waals surface area contributed by atoms with Crippen LogP contribution in [0.25, 0.3) is 0 Å². The maximum atomic E-state index is 3.94. The number of nitrogens with zero attached hydrogens (tertiary/aromatic N) is 1. The average Bonchev–Trinajstić information content (AvgIpc) is 2.80. The lowest BCUT2D eigenvalue weighted by molar-refractivity contribution is 0.320. The van der Waals surface area contributed by atoms with Crippen LogP contribution in [0.5, 0.6) is 0 Å². The largest absolute Gasteiger partial charge is 0.310 e. The minimum atomic E-state index is 0.740. The van der Waals surface area contributed by atoms with Gasteiger partial charge in [-0.1, -0.05) is 56.0 Å². The summed E-state index contributed by atoms with van der Waals surface area (Å²) in [5.41, 5.74) is 1.47. The van der Waals surface area contributed by atoms with Crippen LogP contribution in [0.15, 0.2) is 30.3 Å².